The summed E-state index contributed by atoms with van der Waals surface area (Å²) in [6.07, 6.45) is 1.85. The second kappa shape index (κ2) is 7.12. The van der Waals surface area contributed by atoms with Crippen molar-refractivity contribution >= 4 is 8.80 Å². The first-order valence-electron chi connectivity index (χ1n) is 6.82. The minimum atomic E-state index is -2.42. The summed E-state index contributed by atoms with van der Waals surface area (Å²) in [6, 6.07) is 0.837. The van der Waals surface area contributed by atoms with Gasteiger partial charge in [0.05, 0.1) is 25.4 Å². The molecule has 0 aromatic rings. The van der Waals surface area contributed by atoms with Crippen molar-refractivity contribution in [2.24, 2.45) is 0 Å². The summed E-state index contributed by atoms with van der Waals surface area (Å²) >= 11 is 0. The first-order chi connectivity index (χ1) is 9.21. The molecule has 0 aromatic carbocycles. The van der Waals surface area contributed by atoms with E-state index >= 15 is 0 Å². The summed E-state index contributed by atoms with van der Waals surface area (Å²) in [6.45, 7) is 4.80. The first kappa shape index (κ1) is 15.4. The largest absolute Gasteiger partial charge is 0.500 e. The standard InChI is InChI=1S/C12H25NO5Si/c1-14-19(15-2,16-3)6-4-5-13(7-11-9-17-11)8-12-10-18-12/h11-12H,4-10H2,1-3H3. The lowest BCUT2D eigenvalue weighted by Gasteiger charge is -2.26. The van der Waals surface area contributed by atoms with Crippen LogP contribution in [0.25, 0.3) is 0 Å². The van der Waals surface area contributed by atoms with Crippen LogP contribution in [0.5, 0.6) is 0 Å². The molecule has 2 unspecified atom stereocenters. The van der Waals surface area contributed by atoms with Gasteiger partial charge in [-0.15, -0.1) is 0 Å². The van der Waals surface area contributed by atoms with Gasteiger partial charge in [0, 0.05) is 40.5 Å². The molecule has 0 radical (unpaired) electrons. The quantitative estimate of drug-likeness (QED) is 0.404. The summed E-state index contributed by atoms with van der Waals surface area (Å²) in [5.41, 5.74) is 0. The molecule has 2 fully saturated rings. The molecule has 2 aliphatic rings. The molecule has 6 nitrogen and oxygen atoms in total. The Bertz CT molecular complexity index is 247. The number of hydrogen-bond acceptors (Lipinski definition) is 6. The summed E-state index contributed by atoms with van der Waals surface area (Å²) in [7, 11) is 2.56. The van der Waals surface area contributed by atoms with E-state index in [-0.39, 0.29) is 0 Å². The second-order valence-corrected chi connectivity index (χ2v) is 8.16. The number of nitrogens with zero attached hydrogens (tertiary/aromatic N) is 1. The summed E-state index contributed by atoms with van der Waals surface area (Å²) < 4.78 is 26.9. The van der Waals surface area contributed by atoms with E-state index in [0.717, 1.165) is 45.3 Å². The lowest BCUT2D eigenvalue weighted by molar-refractivity contribution is 0.121. The molecule has 0 N–H and O–H groups in total. The smallest absolute Gasteiger partial charge is 0.377 e. The lowest BCUT2D eigenvalue weighted by atomic mass is 10.3. The van der Waals surface area contributed by atoms with Crippen molar-refractivity contribution in [3.8, 4) is 0 Å². The maximum Gasteiger partial charge on any atom is 0.500 e. The van der Waals surface area contributed by atoms with E-state index in [4.69, 9.17) is 22.8 Å². The number of rotatable bonds is 11. The van der Waals surface area contributed by atoms with Gasteiger partial charge in [-0.2, -0.15) is 0 Å². The van der Waals surface area contributed by atoms with Gasteiger partial charge < -0.3 is 22.8 Å². The van der Waals surface area contributed by atoms with Crippen LogP contribution in [0.3, 0.4) is 0 Å². The van der Waals surface area contributed by atoms with Crippen molar-refractivity contribution in [1.82, 2.24) is 4.90 Å². The summed E-state index contributed by atoms with van der Waals surface area (Å²) in [4.78, 5) is 2.41. The Kier molecular flexibility index (Phi) is 5.76. The first-order valence-corrected chi connectivity index (χ1v) is 8.75. The molecular formula is C12H25NO5Si. The van der Waals surface area contributed by atoms with E-state index in [9.17, 15) is 0 Å². The molecule has 2 heterocycles. The summed E-state index contributed by atoms with van der Waals surface area (Å²) in [5.74, 6) is 0. The van der Waals surface area contributed by atoms with Gasteiger partial charge in [0.1, 0.15) is 0 Å². The van der Waals surface area contributed by atoms with Gasteiger partial charge in [-0.05, 0) is 13.0 Å². The Morgan fingerprint density at radius 3 is 1.84 bits per heavy atom. The van der Waals surface area contributed by atoms with Gasteiger partial charge in [0.2, 0.25) is 0 Å². The van der Waals surface area contributed by atoms with Crippen LogP contribution in [0.15, 0.2) is 0 Å². The van der Waals surface area contributed by atoms with Crippen molar-refractivity contribution in [1.29, 1.82) is 0 Å². The lowest BCUT2D eigenvalue weighted by Crippen LogP contribution is -2.43. The van der Waals surface area contributed by atoms with Crippen molar-refractivity contribution < 1.29 is 22.8 Å². The van der Waals surface area contributed by atoms with E-state index in [1.54, 1.807) is 21.3 Å². The maximum absolute atomic E-state index is 5.43. The van der Waals surface area contributed by atoms with Crippen LogP contribution in [0.1, 0.15) is 6.42 Å². The third-order valence-electron chi connectivity index (χ3n) is 3.62. The molecule has 7 heteroatoms. The fraction of sp³-hybridized carbons (Fsp3) is 1.00. The van der Waals surface area contributed by atoms with Crippen LogP contribution < -0.4 is 0 Å². The molecular weight excluding hydrogens is 266 g/mol. The van der Waals surface area contributed by atoms with E-state index in [2.05, 4.69) is 4.90 Å². The molecule has 0 amide bonds. The van der Waals surface area contributed by atoms with E-state index in [0.29, 0.717) is 12.2 Å². The van der Waals surface area contributed by atoms with Crippen molar-refractivity contribution in [3.63, 3.8) is 0 Å². The second-order valence-electron chi connectivity index (χ2n) is 5.07. The fourth-order valence-corrected chi connectivity index (χ4v) is 3.96. The Labute approximate surface area is 116 Å². The van der Waals surface area contributed by atoms with E-state index < -0.39 is 8.80 Å². The highest BCUT2D eigenvalue weighted by Crippen LogP contribution is 2.19. The van der Waals surface area contributed by atoms with Crippen molar-refractivity contribution in [2.45, 2.75) is 24.7 Å². The van der Waals surface area contributed by atoms with Gasteiger partial charge >= 0.3 is 8.80 Å². The average molecular weight is 291 g/mol. The minimum Gasteiger partial charge on any atom is -0.377 e. The van der Waals surface area contributed by atoms with Gasteiger partial charge in [-0.25, -0.2) is 0 Å². The molecule has 0 bridgehead atoms. The third-order valence-corrected chi connectivity index (χ3v) is 6.45. The van der Waals surface area contributed by atoms with Crippen LogP contribution in [-0.4, -0.2) is 80.1 Å². The van der Waals surface area contributed by atoms with E-state index in [1.165, 1.54) is 0 Å². The predicted molar refractivity (Wildman–Crippen MR) is 72.1 cm³/mol. The van der Waals surface area contributed by atoms with Gasteiger partial charge in [-0.1, -0.05) is 0 Å². The van der Waals surface area contributed by atoms with E-state index in [1.807, 2.05) is 0 Å². The van der Waals surface area contributed by atoms with Gasteiger partial charge in [-0.3, -0.25) is 4.90 Å². The monoisotopic (exact) mass is 291 g/mol. The SMILES string of the molecule is CO[Si](CCCN(CC1CO1)CC1CO1)(OC)OC. The molecule has 0 spiro atoms. The molecule has 2 rings (SSSR count). The fourth-order valence-electron chi connectivity index (χ4n) is 2.26. The molecule has 2 saturated heterocycles. The normalized spacial score (nSPS) is 25.9. The van der Waals surface area contributed by atoms with Crippen molar-refractivity contribution in [2.75, 3.05) is 54.2 Å². The van der Waals surface area contributed by atoms with Gasteiger partial charge in [0.15, 0.2) is 0 Å². The Hall–Kier alpha value is -0.0231. The topological polar surface area (TPSA) is 56.0 Å². The Morgan fingerprint density at radius 1 is 1.00 bits per heavy atom. The minimum absolute atomic E-state index is 0.424. The van der Waals surface area contributed by atoms with Crippen LogP contribution in [0.4, 0.5) is 0 Å². The van der Waals surface area contributed by atoms with Gasteiger partial charge in [0.25, 0.3) is 0 Å². The molecule has 19 heavy (non-hydrogen) atoms. The molecule has 112 valence electrons. The number of epoxide rings is 2. The Morgan fingerprint density at radius 2 is 1.47 bits per heavy atom. The van der Waals surface area contributed by atoms with Crippen LogP contribution in [0, 0.1) is 0 Å². The third kappa shape index (κ3) is 5.11. The molecule has 2 aliphatic heterocycles. The Balaban J connectivity index is 1.70. The average Bonchev–Trinajstić information content (AvgIpc) is 3.31. The zero-order valence-electron chi connectivity index (χ0n) is 12.1. The van der Waals surface area contributed by atoms with Crippen LogP contribution >= 0.6 is 0 Å². The highest BCUT2D eigenvalue weighted by Gasteiger charge is 2.37. The number of hydrogen-bond donors (Lipinski definition) is 0. The molecule has 0 aromatic heterocycles. The zero-order valence-corrected chi connectivity index (χ0v) is 13.1. The number of ether oxygens (including phenoxy) is 2. The van der Waals surface area contributed by atoms with Crippen molar-refractivity contribution in [3.05, 3.63) is 0 Å². The molecule has 0 saturated carbocycles. The summed E-state index contributed by atoms with van der Waals surface area (Å²) in [5, 5.41) is 0. The zero-order chi connectivity index (χ0) is 13.7. The predicted octanol–water partition coefficient (Wildman–Crippen LogP) is 0.354. The molecule has 2 atom stereocenters. The highest BCUT2D eigenvalue weighted by molar-refractivity contribution is 6.60. The maximum atomic E-state index is 5.43. The molecule has 0 aliphatic carbocycles. The van der Waals surface area contributed by atoms with Crippen LogP contribution in [-0.2, 0) is 22.8 Å². The highest BCUT2D eigenvalue weighted by atomic mass is 28.4. The van der Waals surface area contributed by atoms with Crippen LogP contribution in [0.2, 0.25) is 6.04 Å².